The smallest absolute Gasteiger partial charge is 0.242 e. The van der Waals surface area contributed by atoms with Gasteiger partial charge in [-0.2, -0.15) is 0 Å². The molecule has 3 atom stereocenters. The molecule has 0 fully saturated rings. The summed E-state index contributed by atoms with van der Waals surface area (Å²) in [6, 6.07) is 13.0. The van der Waals surface area contributed by atoms with E-state index in [1.54, 1.807) is 61.5 Å². The average Bonchev–Trinajstić information content (AvgIpc) is 2.88. The molecule has 12 heteroatoms. The van der Waals surface area contributed by atoms with E-state index < -0.39 is 39.8 Å². The first-order valence-corrected chi connectivity index (χ1v) is 13.9. The van der Waals surface area contributed by atoms with Crippen molar-refractivity contribution in [1.29, 1.82) is 5.41 Å². The second-order valence-corrected chi connectivity index (χ2v) is 10.9. The van der Waals surface area contributed by atoms with Crippen LogP contribution in [-0.2, 0) is 36.7 Å². The van der Waals surface area contributed by atoms with Crippen molar-refractivity contribution in [3.8, 4) is 0 Å². The molecule has 2 aromatic carbocycles. The molecule has 0 aliphatic heterocycles. The van der Waals surface area contributed by atoms with E-state index in [2.05, 4.69) is 15.4 Å². The number of carbonyl (C=O) groups excluding carboxylic acids is 3. The first kappa shape index (κ1) is 30.5. The molecule has 0 aliphatic carbocycles. The van der Waals surface area contributed by atoms with Crippen LogP contribution >= 0.6 is 0 Å². The Balaban J connectivity index is 2.13. The number of rotatable bonds is 15. The Morgan fingerprint density at radius 3 is 2.13 bits per heavy atom. The first-order valence-electron chi connectivity index (χ1n) is 12.3. The highest BCUT2D eigenvalue weighted by Crippen LogP contribution is 2.13. The number of benzene rings is 2. The quantitative estimate of drug-likeness (QED) is 0.142. The van der Waals surface area contributed by atoms with Crippen molar-refractivity contribution in [3.63, 3.8) is 0 Å². The molecule has 0 bridgehead atoms. The summed E-state index contributed by atoms with van der Waals surface area (Å²) in [7, 11) is -3.88. The van der Waals surface area contributed by atoms with Crippen LogP contribution in [0.3, 0.4) is 0 Å². The van der Waals surface area contributed by atoms with Gasteiger partial charge >= 0.3 is 0 Å². The van der Waals surface area contributed by atoms with Crippen molar-refractivity contribution in [2.75, 3.05) is 0 Å². The van der Waals surface area contributed by atoms with Gasteiger partial charge in [0, 0.05) is 18.5 Å². The molecular formula is C26H36N6O5S. The number of amides is 3. The molecule has 0 heterocycles. The summed E-state index contributed by atoms with van der Waals surface area (Å²) in [6.45, 7) is 3.68. The zero-order valence-corrected chi connectivity index (χ0v) is 22.4. The Labute approximate surface area is 223 Å². The van der Waals surface area contributed by atoms with Crippen LogP contribution in [0.25, 0.3) is 0 Å². The molecule has 0 aromatic heterocycles. The number of sulfonamides is 1. The van der Waals surface area contributed by atoms with Gasteiger partial charge in [-0.05, 0) is 23.5 Å². The van der Waals surface area contributed by atoms with Crippen LogP contribution in [0.5, 0.6) is 0 Å². The van der Waals surface area contributed by atoms with Gasteiger partial charge in [0.1, 0.15) is 17.9 Å². The van der Waals surface area contributed by atoms with Gasteiger partial charge in [0.25, 0.3) is 0 Å². The molecule has 206 valence electrons. The second kappa shape index (κ2) is 14.2. The zero-order valence-electron chi connectivity index (χ0n) is 21.6. The summed E-state index contributed by atoms with van der Waals surface area (Å²) in [4.78, 5) is 37.6. The Morgan fingerprint density at radius 1 is 0.947 bits per heavy atom. The molecule has 0 saturated carbocycles. The number of primary amides is 1. The van der Waals surface area contributed by atoms with Gasteiger partial charge in [0.05, 0.1) is 5.75 Å². The van der Waals surface area contributed by atoms with Crippen LogP contribution < -0.4 is 26.8 Å². The largest absolute Gasteiger partial charge is 0.384 e. The molecule has 0 aliphatic rings. The summed E-state index contributed by atoms with van der Waals surface area (Å²) in [5, 5.41) is 12.8. The maximum Gasteiger partial charge on any atom is 0.242 e. The Kier molecular flexibility index (Phi) is 11.4. The third kappa shape index (κ3) is 9.94. The number of amidine groups is 1. The fraction of sp³-hybridized carbons (Fsp3) is 0.385. The van der Waals surface area contributed by atoms with Gasteiger partial charge in [-0.1, -0.05) is 74.9 Å². The molecule has 0 saturated heterocycles. The minimum Gasteiger partial charge on any atom is -0.384 e. The van der Waals surface area contributed by atoms with Crippen molar-refractivity contribution in [2.45, 2.75) is 57.5 Å². The average molecular weight is 545 g/mol. The van der Waals surface area contributed by atoms with Gasteiger partial charge in [-0.3, -0.25) is 19.8 Å². The molecule has 3 amide bonds. The minimum atomic E-state index is -3.88. The highest BCUT2D eigenvalue weighted by Gasteiger charge is 2.32. The molecule has 0 spiro atoms. The molecule has 38 heavy (non-hydrogen) atoms. The lowest BCUT2D eigenvalue weighted by atomic mass is 9.98. The van der Waals surface area contributed by atoms with Gasteiger partial charge in [-0.25, -0.2) is 13.1 Å². The maximum atomic E-state index is 13.2. The number of carbonyl (C=O) groups is 3. The summed E-state index contributed by atoms with van der Waals surface area (Å²) >= 11 is 0. The predicted molar refractivity (Wildman–Crippen MR) is 145 cm³/mol. The van der Waals surface area contributed by atoms with Crippen LogP contribution in [-0.4, -0.2) is 44.1 Å². The van der Waals surface area contributed by atoms with E-state index in [0.29, 0.717) is 17.5 Å². The summed E-state index contributed by atoms with van der Waals surface area (Å²) in [5.41, 5.74) is 12.6. The van der Waals surface area contributed by atoms with Gasteiger partial charge in [0.2, 0.25) is 27.7 Å². The number of nitrogen functional groups attached to an aromatic ring is 1. The monoisotopic (exact) mass is 544 g/mol. The number of hydrogen-bond acceptors (Lipinski definition) is 6. The van der Waals surface area contributed by atoms with Gasteiger partial charge in [0.15, 0.2) is 0 Å². The van der Waals surface area contributed by atoms with E-state index in [4.69, 9.17) is 16.9 Å². The van der Waals surface area contributed by atoms with E-state index >= 15 is 0 Å². The lowest BCUT2D eigenvalue weighted by Crippen LogP contribution is -2.55. The highest BCUT2D eigenvalue weighted by atomic mass is 32.2. The third-order valence-electron chi connectivity index (χ3n) is 6.05. The van der Waals surface area contributed by atoms with Crippen LogP contribution in [0.2, 0.25) is 0 Å². The second-order valence-electron chi connectivity index (χ2n) is 9.12. The standard InChI is InChI=1S/C26H36N6O5S/c1-3-17(2)23(32-38(36,37)16-19-7-5-4-6-8-19)26(35)31-21(13-14-22(27)33)25(34)30-15-18-9-11-20(12-10-18)24(28)29/h4-12,17,21,23,32H,3,13-16H2,1-2H3,(H2,27,33)(H3,28,29)(H,30,34)(H,31,35)/t17?,21-,23+/m0/s1. The lowest BCUT2D eigenvalue weighted by Gasteiger charge is -2.26. The van der Waals surface area contributed by atoms with E-state index in [-0.39, 0.29) is 36.9 Å². The van der Waals surface area contributed by atoms with Crippen molar-refractivity contribution < 1.29 is 22.8 Å². The van der Waals surface area contributed by atoms with Crippen molar-refractivity contribution in [1.82, 2.24) is 15.4 Å². The number of hydrogen-bond donors (Lipinski definition) is 6. The molecule has 0 radical (unpaired) electrons. The molecule has 2 rings (SSSR count). The van der Waals surface area contributed by atoms with Crippen LogP contribution in [0, 0.1) is 11.3 Å². The van der Waals surface area contributed by atoms with Crippen LogP contribution in [0.1, 0.15) is 49.8 Å². The summed E-state index contributed by atoms with van der Waals surface area (Å²) < 4.78 is 28.2. The zero-order chi connectivity index (χ0) is 28.3. The molecule has 8 N–H and O–H groups in total. The number of nitrogens with two attached hydrogens (primary N) is 2. The molecule has 11 nitrogen and oxygen atoms in total. The van der Waals surface area contributed by atoms with Crippen LogP contribution in [0.15, 0.2) is 54.6 Å². The Hall–Kier alpha value is -3.77. The first-order chi connectivity index (χ1) is 17.9. The van der Waals surface area contributed by atoms with Gasteiger partial charge in [-0.15, -0.1) is 0 Å². The Morgan fingerprint density at radius 2 is 1.58 bits per heavy atom. The van der Waals surface area contributed by atoms with E-state index in [1.807, 2.05) is 6.92 Å². The van der Waals surface area contributed by atoms with Crippen molar-refractivity contribution in [3.05, 3.63) is 71.3 Å². The third-order valence-corrected chi connectivity index (χ3v) is 7.37. The molecular weight excluding hydrogens is 508 g/mol. The predicted octanol–water partition coefficient (Wildman–Crippen LogP) is 0.871. The fourth-order valence-electron chi connectivity index (χ4n) is 3.62. The van der Waals surface area contributed by atoms with E-state index in [1.165, 1.54) is 0 Å². The molecule has 2 aromatic rings. The van der Waals surface area contributed by atoms with E-state index in [0.717, 1.165) is 5.56 Å². The van der Waals surface area contributed by atoms with Crippen LogP contribution in [0.4, 0.5) is 0 Å². The summed E-state index contributed by atoms with van der Waals surface area (Å²) in [5.74, 6) is -2.62. The topological polar surface area (TPSA) is 197 Å². The lowest BCUT2D eigenvalue weighted by molar-refractivity contribution is -0.131. The Bertz CT molecular complexity index is 1220. The van der Waals surface area contributed by atoms with E-state index in [9.17, 15) is 22.8 Å². The minimum absolute atomic E-state index is 0.0554. The highest BCUT2D eigenvalue weighted by molar-refractivity contribution is 7.88. The summed E-state index contributed by atoms with van der Waals surface area (Å²) in [6.07, 6.45) is 0.292. The maximum absolute atomic E-state index is 13.2. The normalized spacial score (nSPS) is 13.6. The van der Waals surface area contributed by atoms with Gasteiger partial charge < -0.3 is 22.1 Å². The molecule has 1 unspecified atom stereocenters. The fourth-order valence-corrected chi connectivity index (χ4v) is 5.06. The van der Waals surface area contributed by atoms with Crippen molar-refractivity contribution in [2.24, 2.45) is 17.4 Å². The SMILES string of the molecule is CCC(C)[C@@H](NS(=O)(=O)Cc1ccccc1)C(=O)N[C@@H](CCC(N)=O)C(=O)NCc1ccc(C(=N)N)cc1. The number of nitrogens with one attached hydrogen (secondary N) is 4. The van der Waals surface area contributed by atoms with Crippen molar-refractivity contribution >= 4 is 33.6 Å².